The van der Waals surface area contributed by atoms with Gasteiger partial charge in [-0.2, -0.15) is 0 Å². The van der Waals surface area contributed by atoms with E-state index in [4.69, 9.17) is 0 Å². The van der Waals surface area contributed by atoms with Crippen molar-refractivity contribution in [3.05, 3.63) is 27.3 Å². The average molecular weight is 303 g/mol. The Morgan fingerprint density at radius 2 is 2.21 bits per heavy atom. The Morgan fingerprint density at radius 3 is 2.86 bits per heavy atom. The molecule has 0 saturated heterocycles. The van der Waals surface area contributed by atoms with Gasteiger partial charge in [0.15, 0.2) is 0 Å². The predicted octanol–water partition coefficient (Wildman–Crippen LogP) is 1.89. The molecule has 1 aliphatic carbocycles. The van der Waals surface area contributed by atoms with E-state index in [1.165, 1.54) is 0 Å². The number of amides is 1. The smallest absolute Gasteiger partial charge is 0.255 e. The van der Waals surface area contributed by atoms with Crippen molar-refractivity contribution in [1.82, 2.24) is 5.32 Å². The highest BCUT2D eigenvalue weighted by atomic mass is 127. The fourth-order valence-corrected chi connectivity index (χ4v) is 1.69. The first kappa shape index (κ1) is 9.76. The van der Waals surface area contributed by atoms with Crippen molar-refractivity contribution in [2.75, 3.05) is 0 Å². The van der Waals surface area contributed by atoms with E-state index >= 15 is 0 Å². The summed E-state index contributed by atoms with van der Waals surface area (Å²) >= 11 is 2.00. The van der Waals surface area contributed by atoms with E-state index < -0.39 is 0 Å². The highest BCUT2D eigenvalue weighted by Gasteiger charge is 2.25. The molecule has 0 unspecified atom stereocenters. The zero-order valence-corrected chi connectivity index (χ0v) is 9.61. The number of benzene rings is 1. The van der Waals surface area contributed by atoms with Crippen molar-refractivity contribution in [2.24, 2.45) is 0 Å². The Kier molecular flexibility index (Phi) is 2.62. The van der Waals surface area contributed by atoms with Crippen LogP contribution in [0.1, 0.15) is 23.2 Å². The number of halogens is 1. The molecule has 0 atom stereocenters. The fourth-order valence-electron chi connectivity index (χ4n) is 1.19. The Bertz CT molecular complexity index is 374. The molecule has 1 aromatic rings. The maximum atomic E-state index is 11.6. The topological polar surface area (TPSA) is 49.3 Å². The van der Waals surface area contributed by atoms with Crippen molar-refractivity contribution in [2.45, 2.75) is 18.9 Å². The van der Waals surface area contributed by atoms with E-state index in [0.29, 0.717) is 15.2 Å². The molecule has 4 heteroatoms. The minimum absolute atomic E-state index is 0.0752. The van der Waals surface area contributed by atoms with E-state index in [9.17, 15) is 9.90 Å². The second kappa shape index (κ2) is 3.76. The molecule has 0 aromatic heterocycles. The van der Waals surface area contributed by atoms with Gasteiger partial charge in [-0.1, -0.05) is 6.07 Å². The third-order valence-electron chi connectivity index (χ3n) is 2.14. The summed E-state index contributed by atoms with van der Waals surface area (Å²) in [4.78, 5) is 11.6. The molecule has 0 radical (unpaired) electrons. The number of para-hydroxylation sites is 1. The maximum Gasteiger partial charge on any atom is 0.255 e. The lowest BCUT2D eigenvalue weighted by molar-refractivity contribution is 0.0948. The van der Waals surface area contributed by atoms with Crippen molar-refractivity contribution in [1.29, 1.82) is 0 Å². The van der Waals surface area contributed by atoms with Crippen LogP contribution >= 0.6 is 22.6 Å². The molecule has 1 saturated carbocycles. The van der Waals surface area contributed by atoms with Crippen LogP contribution in [0.3, 0.4) is 0 Å². The lowest BCUT2D eigenvalue weighted by Gasteiger charge is -2.06. The molecule has 1 amide bonds. The van der Waals surface area contributed by atoms with Crippen LogP contribution in [0.25, 0.3) is 0 Å². The number of carbonyl (C=O) groups is 1. The second-order valence-corrected chi connectivity index (χ2v) is 4.55. The van der Waals surface area contributed by atoms with Gasteiger partial charge in [-0.05, 0) is 47.6 Å². The van der Waals surface area contributed by atoms with Crippen LogP contribution in [-0.2, 0) is 0 Å². The molecule has 0 spiro atoms. The normalized spacial score (nSPS) is 15.2. The number of aromatic hydroxyl groups is 1. The third-order valence-corrected chi connectivity index (χ3v) is 3.01. The first-order valence-corrected chi connectivity index (χ1v) is 5.54. The van der Waals surface area contributed by atoms with Crippen LogP contribution in [0.4, 0.5) is 0 Å². The largest absolute Gasteiger partial charge is 0.506 e. The number of nitrogens with one attached hydrogen (secondary N) is 1. The quantitative estimate of drug-likeness (QED) is 0.820. The summed E-state index contributed by atoms with van der Waals surface area (Å²) < 4.78 is 0.700. The number of phenols is 1. The van der Waals surface area contributed by atoms with E-state index in [-0.39, 0.29) is 11.7 Å². The molecule has 74 valence electrons. The summed E-state index contributed by atoms with van der Waals surface area (Å²) in [5.74, 6) is -0.102. The molecule has 2 N–H and O–H groups in total. The van der Waals surface area contributed by atoms with Gasteiger partial charge in [0, 0.05) is 6.04 Å². The molecule has 1 fully saturated rings. The molecule has 0 heterocycles. The fraction of sp³-hybridized carbons (Fsp3) is 0.300. The molecular weight excluding hydrogens is 293 g/mol. The molecular formula is C10H10INO2. The number of carbonyl (C=O) groups excluding carboxylic acids is 1. The summed E-state index contributed by atoms with van der Waals surface area (Å²) in [5, 5.41) is 12.5. The number of phenolic OH excluding ortho intramolecular Hbond substituents is 1. The lowest BCUT2D eigenvalue weighted by atomic mass is 10.2. The van der Waals surface area contributed by atoms with Crippen LogP contribution in [-0.4, -0.2) is 17.1 Å². The molecule has 0 bridgehead atoms. The van der Waals surface area contributed by atoms with Crippen molar-refractivity contribution >= 4 is 28.5 Å². The Hall–Kier alpha value is -0.780. The van der Waals surface area contributed by atoms with Gasteiger partial charge < -0.3 is 10.4 Å². The molecule has 14 heavy (non-hydrogen) atoms. The van der Waals surface area contributed by atoms with Gasteiger partial charge in [0.05, 0.1) is 9.13 Å². The summed E-state index contributed by atoms with van der Waals surface area (Å²) in [7, 11) is 0. The lowest BCUT2D eigenvalue weighted by Crippen LogP contribution is -2.25. The van der Waals surface area contributed by atoms with Crippen molar-refractivity contribution < 1.29 is 9.90 Å². The molecule has 0 aliphatic heterocycles. The maximum absolute atomic E-state index is 11.6. The molecule has 1 aliphatic rings. The summed E-state index contributed by atoms with van der Waals surface area (Å²) in [6.45, 7) is 0. The Morgan fingerprint density at radius 1 is 1.50 bits per heavy atom. The monoisotopic (exact) mass is 303 g/mol. The van der Waals surface area contributed by atoms with E-state index in [2.05, 4.69) is 5.32 Å². The molecule has 1 aromatic carbocycles. The SMILES string of the molecule is O=C(NC1CC1)c1cccc(I)c1O. The Balaban J connectivity index is 2.21. The first-order valence-electron chi connectivity index (χ1n) is 4.47. The minimum Gasteiger partial charge on any atom is -0.506 e. The zero-order valence-electron chi connectivity index (χ0n) is 7.46. The minimum atomic E-state index is -0.177. The van der Waals surface area contributed by atoms with Gasteiger partial charge in [0.2, 0.25) is 0 Å². The van der Waals surface area contributed by atoms with Crippen LogP contribution in [0.15, 0.2) is 18.2 Å². The van der Waals surface area contributed by atoms with Gasteiger partial charge in [0.25, 0.3) is 5.91 Å². The van der Waals surface area contributed by atoms with Gasteiger partial charge in [0.1, 0.15) is 5.75 Å². The number of hydrogen-bond donors (Lipinski definition) is 2. The highest BCUT2D eigenvalue weighted by Crippen LogP contribution is 2.25. The van der Waals surface area contributed by atoms with Crippen molar-refractivity contribution in [3.63, 3.8) is 0 Å². The van der Waals surface area contributed by atoms with E-state index in [0.717, 1.165) is 12.8 Å². The predicted molar refractivity (Wildman–Crippen MR) is 61.3 cm³/mol. The molecule has 3 nitrogen and oxygen atoms in total. The van der Waals surface area contributed by atoms with Crippen LogP contribution in [0.5, 0.6) is 5.75 Å². The highest BCUT2D eigenvalue weighted by molar-refractivity contribution is 14.1. The standard InChI is InChI=1S/C10H10INO2/c11-8-3-1-2-7(9(8)13)10(14)12-6-4-5-6/h1-3,6,13H,4-5H2,(H,12,14). The zero-order chi connectivity index (χ0) is 10.1. The van der Waals surface area contributed by atoms with Gasteiger partial charge in [-0.25, -0.2) is 0 Å². The van der Waals surface area contributed by atoms with E-state index in [1.54, 1.807) is 18.2 Å². The second-order valence-electron chi connectivity index (χ2n) is 3.38. The van der Waals surface area contributed by atoms with Crippen LogP contribution in [0.2, 0.25) is 0 Å². The van der Waals surface area contributed by atoms with Crippen LogP contribution in [0, 0.1) is 3.57 Å². The summed E-state index contributed by atoms with van der Waals surface area (Å²) in [5.41, 5.74) is 0.365. The third kappa shape index (κ3) is 2.00. The van der Waals surface area contributed by atoms with E-state index in [1.807, 2.05) is 22.6 Å². The Labute approximate surface area is 95.7 Å². The first-order chi connectivity index (χ1) is 6.68. The van der Waals surface area contributed by atoms with Gasteiger partial charge in [-0.15, -0.1) is 0 Å². The van der Waals surface area contributed by atoms with Crippen LogP contribution < -0.4 is 5.32 Å². The average Bonchev–Trinajstić information content (AvgIpc) is 2.93. The van der Waals surface area contributed by atoms with Crippen molar-refractivity contribution in [3.8, 4) is 5.75 Å². The van der Waals surface area contributed by atoms with Gasteiger partial charge >= 0.3 is 0 Å². The number of rotatable bonds is 2. The number of hydrogen-bond acceptors (Lipinski definition) is 2. The molecule has 2 rings (SSSR count). The summed E-state index contributed by atoms with van der Waals surface area (Å²) in [6.07, 6.45) is 2.10. The summed E-state index contributed by atoms with van der Waals surface area (Å²) in [6, 6.07) is 5.49. The van der Waals surface area contributed by atoms with Gasteiger partial charge in [-0.3, -0.25) is 4.79 Å².